The molecule has 0 heterocycles. The number of carbonyl (C=O) groups excluding carboxylic acids is 1. The average Bonchev–Trinajstić information content (AvgIpc) is 2.91. The summed E-state index contributed by atoms with van der Waals surface area (Å²) in [5.41, 5.74) is 13.2. The van der Waals surface area contributed by atoms with E-state index in [-0.39, 0.29) is 41.7 Å². The Morgan fingerprint density at radius 3 is 2.30 bits per heavy atom. The highest BCUT2D eigenvalue weighted by atomic mass is 35.5. The van der Waals surface area contributed by atoms with Gasteiger partial charge >= 0.3 is 5.97 Å². The van der Waals surface area contributed by atoms with Gasteiger partial charge in [-0.1, -0.05) is 11.6 Å². The highest BCUT2D eigenvalue weighted by Gasteiger charge is 2.30. The van der Waals surface area contributed by atoms with Gasteiger partial charge in [-0.05, 0) is 69.3 Å². The number of carboxylic acid groups (broad SMARTS) is 1. The first kappa shape index (κ1) is 33.0. The van der Waals surface area contributed by atoms with Crippen LogP contribution >= 0.6 is 11.6 Å². The number of hydrogen-bond acceptors (Lipinski definition) is 9. The number of aliphatic carboxylic acids is 1. The SMILES string of the molecule is CCOc1cc(NS(=O)(=O)C(C)(C)N)cc(CNc2ccc(Cl)cc2C(=O)Nc2ccc(C(=N)N)cc2)c1OCC(=O)O. The van der Waals surface area contributed by atoms with E-state index in [0.29, 0.717) is 27.5 Å². The topological polar surface area (TPSA) is 219 Å². The van der Waals surface area contributed by atoms with E-state index < -0.39 is 33.4 Å². The number of benzene rings is 3. The molecule has 0 radical (unpaired) electrons. The summed E-state index contributed by atoms with van der Waals surface area (Å²) >= 11 is 6.19. The second-order valence-electron chi connectivity index (χ2n) is 9.78. The number of amidine groups is 1. The van der Waals surface area contributed by atoms with Gasteiger partial charge in [-0.15, -0.1) is 0 Å². The summed E-state index contributed by atoms with van der Waals surface area (Å²) in [6.45, 7) is 3.79. The lowest BCUT2D eigenvalue weighted by atomic mass is 10.1. The van der Waals surface area contributed by atoms with E-state index in [1.54, 1.807) is 43.3 Å². The lowest BCUT2D eigenvalue weighted by molar-refractivity contribution is -0.139. The van der Waals surface area contributed by atoms with E-state index in [2.05, 4.69) is 15.4 Å². The van der Waals surface area contributed by atoms with Crippen LogP contribution in [0.3, 0.4) is 0 Å². The van der Waals surface area contributed by atoms with Crippen LogP contribution in [-0.4, -0.2) is 49.3 Å². The third-order valence-corrected chi connectivity index (χ3v) is 7.99. The van der Waals surface area contributed by atoms with E-state index in [1.165, 1.54) is 32.0 Å². The lowest BCUT2D eigenvalue weighted by Gasteiger charge is -2.23. The van der Waals surface area contributed by atoms with Gasteiger partial charge in [0.25, 0.3) is 15.9 Å². The van der Waals surface area contributed by atoms with Crippen LogP contribution in [0.1, 0.15) is 42.3 Å². The van der Waals surface area contributed by atoms with Crippen molar-refractivity contribution in [3.05, 3.63) is 76.3 Å². The fraction of sp³-hybridized carbons (Fsp3) is 0.250. The second-order valence-corrected chi connectivity index (χ2v) is 12.5. The van der Waals surface area contributed by atoms with Gasteiger partial charge in [0.15, 0.2) is 18.1 Å². The minimum absolute atomic E-state index is 0.0498. The summed E-state index contributed by atoms with van der Waals surface area (Å²) in [7, 11) is -4.03. The van der Waals surface area contributed by atoms with Gasteiger partial charge in [-0.2, -0.15) is 0 Å². The number of carboxylic acids is 1. The second kappa shape index (κ2) is 13.6. The Morgan fingerprint density at radius 2 is 1.72 bits per heavy atom. The summed E-state index contributed by atoms with van der Waals surface area (Å²) in [5, 5.41) is 22.9. The van der Waals surface area contributed by atoms with Crippen LogP contribution < -0.4 is 36.3 Å². The molecule has 0 aromatic heterocycles. The van der Waals surface area contributed by atoms with E-state index in [9.17, 15) is 23.1 Å². The third-order valence-electron chi connectivity index (χ3n) is 5.87. The zero-order chi connectivity index (χ0) is 31.9. The molecular formula is C28H33ClN6O7S. The van der Waals surface area contributed by atoms with Crippen LogP contribution in [0.25, 0.3) is 0 Å². The Kier molecular flexibility index (Phi) is 10.5. The average molecular weight is 633 g/mol. The number of amides is 1. The Bertz CT molecular complexity index is 1620. The molecule has 0 saturated heterocycles. The Labute approximate surface area is 254 Å². The largest absolute Gasteiger partial charge is 0.490 e. The fourth-order valence-corrected chi connectivity index (χ4v) is 4.54. The first-order valence-corrected chi connectivity index (χ1v) is 14.7. The molecular weight excluding hydrogens is 600 g/mol. The van der Waals surface area contributed by atoms with Gasteiger partial charge in [0.2, 0.25) is 0 Å². The van der Waals surface area contributed by atoms with Crippen molar-refractivity contribution in [2.75, 3.05) is 28.6 Å². The monoisotopic (exact) mass is 632 g/mol. The molecule has 43 heavy (non-hydrogen) atoms. The molecule has 230 valence electrons. The van der Waals surface area contributed by atoms with Crippen molar-refractivity contribution < 1.29 is 32.6 Å². The van der Waals surface area contributed by atoms with Crippen molar-refractivity contribution in [3.8, 4) is 11.5 Å². The number of carbonyl (C=O) groups is 2. The lowest BCUT2D eigenvalue weighted by Crippen LogP contribution is -2.45. The van der Waals surface area contributed by atoms with E-state index in [0.717, 1.165) is 0 Å². The van der Waals surface area contributed by atoms with Gasteiger partial charge < -0.3 is 36.7 Å². The molecule has 0 atom stereocenters. The van der Waals surface area contributed by atoms with Crippen LogP contribution in [0.2, 0.25) is 5.02 Å². The molecule has 0 saturated carbocycles. The number of nitrogen functional groups attached to an aromatic ring is 1. The van der Waals surface area contributed by atoms with Crippen molar-refractivity contribution in [2.24, 2.45) is 11.5 Å². The minimum Gasteiger partial charge on any atom is -0.490 e. The van der Waals surface area contributed by atoms with E-state index in [1.807, 2.05) is 0 Å². The maximum atomic E-state index is 13.2. The Morgan fingerprint density at radius 1 is 1.05 bits per heavy atom. The maximum absolute atomic E-state index is 13.2. The number of rotatable bonds is 14. The summed E-state index contributed by atoms with van der Waals surface area (Å²) in [5.74, 6) is -1.67. The molecule has 15 heteroatoms. The fourth-order valence-electron chi connectivity index (χ4n) is 3.68. The van der Waals surface area contributed by atoms with Crippen molar-refractivity contribution >= 4 is 56.4 Å². The normalized spacial score (nSPS) is 11.4. The minimum atomic E-state index is -4.03. The van der Waals surface area contributed by atoms with Crippen LogP contribution in [0.4, 0.5) is 17.1 Å². The molecule has 0 unspecified atom stereocenters. The van der Waals surface area contributed by atoms with Crippen molar-refractivity contribution in [3.63, 3.8) is 0 Å². The molecule has 13 nitrogen and oxygen atoms in total. The number of nitrogens with one attached hydrogen (secondary N) is 4. The number of nitrogens with two attached hydrogens (primary N) is 2. The molecule has 0 spiro atoms. The van der Waals surface area contributed by atoms with Gasteiger partial charge in [-0.3, -0.25) is 14.9 Å². The van der Waals surface area contributed by atoms with Crippen molar-refractivity contribution in [2.45, 2.75) is 32.2 Å². The van der Waals surface area contributed by atoms with E-state index >= 15 is 0 Å². The predicted octanol–water partition coefficient (Wildman–Crippen LogP) is 3.79. The van der Waals surface area contributed by atoms with Gasteiger partial charge in [0.1, 0.15) is 10.7 Å². The Balaban J connectivity index is 1.98. The van der Waals surface area contributed by atoms with Gasteiger partial charge in [0, 0.05) is 40.1 Å². The van der Waals surface area contributed by atoms with Crippen LogP contribution in [0, 0.1) is 5.41 Å². The third kappa shape index (κ3) is 8.73. The van der Waals surface area contributed by atoms with Crippen LogP contribution in [-0.2, 0) is 21.4 Å². The standard InChI is InChI=1S/C28H33ClN6O7S/c1-4-41-23-13-20(35-43(39,40)28(2,3)32)11-17(25(23)42-15-24(36)37)14-33-22-10-7-18(29)12-21(22)27(38)34-19-8-5-16(6-9-19)26(30)31/h5-13,33,35H,4,14-15,32H2,1-3H3,(H3,30,31)(H,34,38)(H,36,37). The summed E-state index contributed by atoms with van der Waals surface area (Å²) < 4.78 is 39.1. The molecule has 0 bridgehead atoms. The van der Waals surface area contributed by atoms with E-state index in [4.69, 9.17) is 38.0 Å². The smallest absolute Gasteiger partial charge is 0.341 e. The molecule has 3 aromatic rings. The van der Waals surface area contributed by atoms with Crippen LogP contribution in [0.15, 0.2) is 54.6 Å². The number of anilines is 3. The molecule has 0 aliphatic rings. The molecule has 3 rings (SSSR count). The Hall–Kier alpha value is -4.53. The molecule has 3 aromatic carbocycles. The van der Waals surface area contributed by atoms with Crippen molar-refractivity contribution in [1.29, 1.82) is 5.41 Å². The molecule has 0 aliphatic carbocycles. The van der Waals surface area contributed by atoms with Gasteiger partial charge in [0.05, 0.1) is 17.9 Å². The molecule has 1 amide bonds. The molecule has 0 fully saturated rings. The molecule has 0 aliphatic heterocycles. The first-order chi connectivity index (χ1) is 20.1. The number of halogens is 1. The molecule has 9 N–H and O–H groups in total. The predicted molar refractivity (Wildman–Crippen MR) is 166 cm³/mol. The van der Waals surface area contributed by atoms with Gasteiger partial charge in [-0.25, -0.2) is 13.2 Å². The quantitative estimate of drug-likeness (QED) is 0.101. The first-order valence-electron chi connectivity index (χ1n) is 12.9. The summed E-state index contributed by atoms with van der Waals surface area (Å²) in [4.78, 5) is 22.9. The number of sulfonamides is 1. The summed E-state index contributed by atoms with van der Waals surface area (Å²) in [6, 6.07) is 13.8. The zero-order valence-electron chi connectivity index (χ0n) is 23.7. The van der Waals surface area contributed by atoms with Crippen molar-refractivity contribution in [1.82, 2.24) is 0 Å². The maximum Gasteiger partial charge on any atom is 0.341 e. The zero-order valence-corrected chi connectivity index (χ0v) is 25.2. The number of hydrogen-bond donors (Lipinski definition) is 7. The van der Waals surface area contributed by atoms with Crippen LogP contribution in [0.5, 0.6) is 11.5 Å². The highest BCUT2D eigenvalue weighted by molar-refractivity contribution is 7.94. The summed E-state index contributed by atoms with van der Waals surface area (Å²) in [6.07, 6.45) is 0. The highest BCUT2D eigenvalue weighted by Crippen LogP contribution is 2.37. The number of ether oxygens (including phenoxy) is 2.